The van der Waals surface area contributed by atoms with Crippen molar-refractivity contribution >= 4 is 18.2 Å². The molecule has 2 amide bonds. The summed E-state index contributed by atoms with van der Waals surface area (Å²) in [4.78, 5) is 39.5. The van der Waals surface area contributed by atoms with E-state index in [0.717, 1.165) is 24.2 Å². The van der Waals surface area contributed by atoms with Crippen LogP contribution in [-0.4, -0.2) is 59.1 Å². The standard InChI is InChI=1S/C22H39NO7/c1-9-14-27-17-13-11-10-12-16(18(24)28-15(17)2)23(19(25)29-21(3,4)5)20(26)30-22(6,7)8/h15-17H,9-14H2,1-8H3/t15?,16-,17?/m0/s1. The molecule has 30 heavy (non-hydrogen) atoms. The topological polar surface area (TPSA) is 91.4 Å². The van der Waals surface area contributed by atoms with Gasteiger partial charge in [-0.1, -0.05) is 19.8 Å². The van der Waals surface area contributed by atoms with Gasteiger partial charge in [0, 0.05) is 6.61 Å². The summed E-state index contributed by atoms with van der Waals surface area (Å²) in [6.07, 6.45) is 0.708. The highest BCUT2D eigenvalue weighted by Gasteiger charge is 2.42. The van der Waals surface area contributed by atoms with Gasteiger partial charge in [-0.2, -0.15) is 4.90 Å². The Morgan fingerprint density at radius 1 is 1.00 bits per heavy atom. The molecule has 1 aliphatic rings. The Kier molecular flexibility index (Phi) is 9.59. The highest BCUT2D eigenvalue weighted by atomic mass is 16.6. The molecular formula is C22H39NO7. The zero-order valence-electron chi connectivity index (χ0n) is 19.8. The van der Waals surface area contributed by atoms with Crippen LogP contribution in [0.4, 0.5) is 9.59 Å². The van der Waals surface area contributed by atoms with Crippen molar-refractivity contribution in [1.29, 1.82) is 0 Å². The van der Waals surface area contributed by atoms with Gasteiger partial charge in [0.25, 0.3) is 0 Å². The van der Waals surface area contributed by atoms with Gasteiger partial charge in [0.05, 0.1) is 6.10 Å². The molecule has 1 heterocycles. The van der Waals surface area contributed by atoms with Gasteiger partial charge in [-0.15, -0.1) is 0 Å². The molecule has 1 rings (SSSR count). The first-order valence-electron chi connectivity index (χ1n) is 10.8. The lowest BCUT2D eigenvalue weighted by atomic mass is 10.0. The zero-order chi connectivity index (χ0) is 23.1. The van der Waals surface area contributed by atoms with Crippen LogP contribution >= 0.6 is 0 Å². The summed E-state index contributed by atoms with van der Waals surface area (Å²) in [6, 6.07) is -1.12. The molecule has 0 bridgehead atoms. The van der Waals surface area contributed by atoms with Crippen LogP contribution < -0.4 is 0 Å². The Balaban J connectivity index is 3.15. The number of hydrogen-bond acceptors (Lipinski definition) is 7. The number of carbonyl (C=O) groups is 3. The SMILES string of the molecule is CCCOC1CCCC[C@H](N(C(=O)OC(C)(C)C)C(=O)OC(C)(C)C)C(=O)OC1C. The summed E-state index contributed by atoms with van der Waals surface area (Å²) in [5.74, 6) is -0.661. The van der Waals surface area contributed by atoms with Crippen LogP contribution in [0.5, 0.6) is 0 Å². The van der Waals surface area contributed by atoms with Crippen LogP contribution in [0.1, 0.15) is 87.5 Å². The van der Waals surface area contributed by atoms with Crippen LogP contribution in [0.2, 0.25) is 0 Å². The second kappa shape index (κ2) is 11.0. The summed E-state index contributed by atoms with van der Waals surface area (Å²) in [6.45, 7) is 14.5. The molecule has 1 saturated heterocycles. The van der Waals surface area contributed by atoms with E-state index in [1.165, 1.54) is 0 Å². The van der Waals surface area contributed by atoms with E-state index in [1.54, 1.807) is 48.5 Å². The monoisotopic (exact) mass is 429 g/mol. The van der Waals surface area contributed by atoms with Crippen molar-refractivity contribution < 1.29 is 33.3 Å². The first-order valence-corrected chi connectivity index (χ1v) is 10.8. The fourth-order valence-corrected chi connectivity index (χ4v) is 3.05. The first-order chi connectivity index (χ1) is 13.7. The largest absolute Gasteiger partial charge is 0.458 e. The lowest BCUT2D eigenvalue weighted by molar-refractivity contribution is -0.161. The molecule has 0 radical (unpaired) electrons. The Labute approximate surface area is 180 Å². The van der Waals surface area contributed by atoms with E-state index in [-0.39, 0.29) is 12.5 Å². The summed E-state index contributed by atoms with van der Waals surface area (Å²) >= 11 is 0. The van der Waals surface area contributed by atoms with Gasteiger partial charge >= 0.3 is 18.2 Å². The average molecular weight is 430 g/mol. The maximum Gasteiger partial charge on any atom is 0.420 e. The van der Waals surface area contributed by atoms with Crippen molar-refractivity contribution in [2.45, 2.75) is 117 Å². The van der Waals surface area contributed by atoms with Gasteiger partial charge in [0.2, 0.25) is 0 Å². The third-order valence-electron chi connectivity index (χ3n) is 4.34. The molecule has 0 N–H and O–H groups in total. The molecule has 2 unspecified atom stereocenters. The molecule has 8 nitrogen and oxygen atoms in total. The molecular weight excluding hydrogens is 390 g/mol. The zero-order valence-corrected chi connectivity index (χ0v) is 19.8. The third kappa shape index (κ3) is 8.90. The predicted molar refractivity (Wildman–Crippen MR) is 112 cm³/mol. The molecule has 0 aromatic heterocycles. The fraction of sp³-hybridized carbons (Fsp3) is 0.864. The van der Waals surface area contributed by atoms with Gasteiger partial charge in [0.15, 0.2) is 0 Å². The minimum Gasteiger partial charge on any atom is -0.458 e. The highest BCUT2D eigenvalue weighted by Crippen LogP contribution is 2.24. The van der Waals surface area contributed by atoms with Crippen molar-refractivity contribution in [2.75, 3.05) is 6.61 Å². The second-order valence-corrected chi connectivity index (χ2v) is 9.68. The smallest absolute Gasteiger partial charge is 0.420 e. The van der Waals surface area contributed by atoms with Crippen LogP contribution in [-0.2, 0) is 23.7 Å². The number of amides is 2. The summed E-state index contributed by atoms with van der Waals surface area (Å²) in [5, 5.41) is 0. The molecule has 0 aromatic carbocycles. The number of nitrogens with zero attached hydrogens (tertiary/aromatic N) is 1. The maximum absolute atomic E-state index is 13.0. The number of carbonyl (C=O) groups excluding carboxylic acids is 3. The van der Waals surface area contributed by atoms with Gasteiger partial charge in [-0.25, -0.2) is 14.4 Å². The first kappa shape index (κ1) is 26.2. The van der Waals surface area contributed by atoms with E-state index < -0.39 is 41.5 Å². The van der Waals surface area contributed by atoms with Crippen LogP contribution in [0.25, 0.3) is 0 Å². The molecule has 0 saturated carbocycles. The highest BCUT2D eigenvalue weighted by molar-refractivity contribution is 5.94. The van der Waals surface area contributed by atoms with Crippen LogP contribution in [0, 0.1) is 0 Å². The van der Waals surface area contributed by atoms with Crippen molar-refractivity contribution in [3.8, 4) is 0 Å². The van der Waals surface area contributed by atoms with Gasteiger partial charge in [-0.3, -0.25) is 0 Å². The molecule has 1 fully saturated rings. The molecule has 0 aromatic rings. The van der Waals surface area contributed by atoms with Gasteiger partial charge in [0.1, 0.15) is 23.3 Å². The van der Waals surface area contributed by atoms with Crippen LogP contribution in [0.15, 0.2) is 0 Å². The normalized spacial score (nSPS) is 23.5. The minimum atomic E-state index is -1.12. The maximum atomic E-state index is 13.0. The molecule has 3 atom stereocenters. The average Bonchev–Trinajstić information content (AvgIpc) is 2.61. The third-order valence-corrected chi connectivity index (χ3v) is 4.34. The van der Waals surface area contributed by atoms with Crippen molar-refractivity contribution in [2.24, 2.45) is 0 Å². The summed E-state index contributed by atoms with van der Waals surface area (Å²) < 4.78 is 22.2. The second-order valence-electron chi connectivity index (χ2n) is 9.68. The number of hydrogen-bond donors (Lipinski definition) is 0. The minimum absolute atomic E-state index is 0.218. The summed E-state index contributed by atoms with van der Waals surface area (Å²) in [7, 11) is 0. The molecule has 8 heteroatoms. The Bertz CT molecular complexity index is 563. The number of rotatable bonds is 4. The van der Waals surface area contributed by atoms with E-state index in [2.05, 4.69) is 0 Å². The van der Waals surface area contributed by atoms with E-state index in [4.69, 9.17) is 18.9 Å². The predicted octanol–water partition coefficient (Wildman–Crippen LogP) is 4.83. The Morgan fingerprint density at radius 3 is 1.97 bits per heavy atom. The van der Waals surface area contributed by atoms with E-state index in [9.17, 15) is 14.4 Å². The number of cyclic esters (lactones) is 1. The van der Waals surface area contributed by atoms with Gasteiger partial charge in [-0.05, 0) is 67.7 Å². The van der Waals surface area contributed by atoms with E-state index in [0.29, 0.717) is 13.0 Å². The molecule has 0 aliphatic carbocycles. The number of esters is 1. The van der Waals surface area contributed by atoms with Crippen LogP contribution in [0.3, 0.4) is 0 Å². The lowest BCUT2D eigenvalue weighted by Crippen LogP contribution is -2.53. The molecule has 0 spiro atoms. The quantitative estimate of drug-likeness (QED) is 0.467. The number of ether oxygens (including phenoxy) is 4. The number of imide groups is 1. The van der Waals surface area contributed by atoms with Crippen molar-refractivity contribution in [3.63, 3.8) is 0 Å². The Morgan fingerprint density at radius 2 is 1.50 bits per heavy atom. The van der Waals surface area contributed by atoms with E-state index >= 15 is 0 Å². The molecule has 1 aliphatic heterocycles. The van der Waals surface area contributed by atoms with Gasteiger partial charge < -0.3 is 18.9 Å². The summed E-state index contributed by atoms with van der Waals surface area (Å²) in [5.41, 5.74) is -1.68. The lowest BCUT2D eigenvalue weighted by Gasteiger charge is -2.32. The molecule has 174 valence electrons. The van der Waals surface area contributed by atoms with Crippen molar-refractivity contribution in [1.82, 2.24) is 4.90 Å². The Hall–Kier alpha value is -1.83. The van der Waals surface area contributed by atoms with E-state index in [1.807, 2.05) is 6.92 Å². The fourth-order valence-electron chi connectivity index (χ4n) is 3.05. The van der Waals surface area contributed by atoms with Crippen molar-refractivity contribution in [3.05, 3.63) is 0 Å².